The van der Waals surface area contributed by atoms with E-state index in [1.165, 1.54) is 81.0 Å². The number of para-hydroxylation sites is 1. The van der Waals surface area contributed by atoms with Gasteiger partial charge >= 0.3 is 0 Å². The zero-order valence-corrected chi connectivity index (χ0v) is 20.0. The normalized spacial score (nSPS) is 13.6. The second-order valence-electron chi connectivity index (χ2n) is 9.50. The smallest absolute Gasteiger partial charge is 0.0387 e. The van der Waals surface area contributed by atoms with E-state index in [1.807, 2.05) is 0 Å². The second kappa shape index (κ2) is 10.9. The first-order valence-electron chi connectivity index (χ1n) is 12.8. The molecule has 3 aromatic rings. The molecule has 0 saturated carbocycles. The first-order chi connectivity index (χ1) is 15.8. The van der Waals surface area contributed by atoms with Gasteiger partial charge in [-0.3, -0.25) is 0 Å². The van der Waals surface area contributed by atoms with Crippen molar-refractivity contribution in [3.63, 3.8) is 0 Å². The van der Waals surface area contributed by atoms with Crippen molar-refractivity contribution >= 4 is 11.4 Å². The summed E-state index contributed by atoms with van der Waals surface area (Å²) >= 11 is 0. The Morgan fingerprint density at radius 2 is 1.19 bits per heavy atom. The highest BCUT2D eigenvalue weighted by Crippen LogP contribution is 2.54. The van der Waals surface area contributed by atoms with Crippen LogP contribution in [-0.2, 0) is 5.41 Å². The molecule has 1 aliphatic carbocycles. The Labute approximate surface area is 195 Å². The van der Waals surface area contributed by atoms with E-state index in [0.29, 0.717) is 0 Å². The monoisotopic (exact) mass is 425 g/mol. The maximum absolute atomic E-state index is 3.65. The Bertz CT molecular complexity index is 976. The van der Waals surface area contributed by atoms with Crippen molar-refractivity contribution in [2.75, 3.05) is 5.32 Å². The van der Waals surface area contributed by atoms with E-state index < -0.39 is 0 Å². The number of fused-ring (bicyclic) bond motifs is 3. The fraction of sp³-hybridized carbons (Fsp3) is 0.419. The average Bonchev–Trinajstić information content (AvgIpc) is 3.10. The van der Waals surface area contributed by atoms with Crippen LogP contribution in [0.3, 0.4) is 0 Å². The summed E-state index contributed by atoms with van der Waals surface area (Å²) in [5.74, 6) is 0. The van der Waals surface area contributed by atoms with Gasteiger partial charge in [-0.2, -0.15) is 0 Å². The van der Waals surface area contributed by atoms with Gasteiger partial charge in [0.1, 0.15) is 0 Å². The van der Waals surface area contributed by atoms with Gasteiger partial charge in [-0.1, -0.05) is 114 Å². The van der Waals surface area contributed by atoms with Crippen molar-refractivity contribution in [2.45, 2.75) is 83.5 Å². The Kier molecular flexibility index (Phi) is 7.68. The topological polar surface area (TPSA) is 12.0 Å². The van der Waals surface area contributed by atoms with E-state index in [-0.39, 0.29) is 5.41 Å². The maximum Gasteiger partial charge on any atom is 0.0387 e. The van der Waals surface area contributed by atoms with Gasteiger partial charge in [0.25, 0.3) is 0 Å². The minimum Gasteiger partial charge on any atom is -0.356 e. The van der Waals surface area contributed by atoms with Gasteiger partial charge in [0, 0.05) is 16.8 Å². The van der Waals surface area contributed by atoms with Gasteiger partial charge in [0.05, 0.1) is 0 Å². The lowest BCUT2D eigenvalue weighted by Gasteiger charge is -2.33. The summed E-state index contributed by atoms with van der Waals surface area (Å²) in [5.41, 5.74) is 8.54. The molecule has 0 aliphatic heterocycles. The third-order valence-electron chi connectivity index (χ3n) is 7.24. The molecule has 0 unspecified atom stereocenters. The van der Waals surface area contributed by atoms with Crippen LogP contribution in [0, 0.1) is 0 Å². The van der Waals surface area contributed by atoms with Crippen LogP contribution < -0.4 is 5.32 Å². The fourth-order valence-corrected chi connectivity index (χ4v) is 5.59. The van der Waals surface area contributed by atoms with Crippen molar-refractivity contribution in [3.05, 3.63) is 83.9 Å². The van der Waals surface area contributed by atoms with E-state index in [9.17, 15) is 0 Å². The quantitative estimate of drug-likeness (QED) is 0.285. The van der Waals surface area contributed by atoms with Gasteiger partial charge in [-0.15, -0.1) is 0 Å². The summed E-state index contributed by atoms with van der Waals surface area (Å²) in [7, 11) is 0. The Balaban J connectivity index is 1.72. The molecule has 168 valence electrons. The first kappa shape index (κ1) is 22.6. The largest absolute Gasteiger partial charge is 0.356 e. The van der Waals surface area contributed by atoms with E-state index in [4.69, 9.17) is 0 Å². The number of unbranched alkanes of at least 4 members (excludes halogenated alkanes) is 6. The molecule has 1 heteroatoms. The van der Waals surface area contributed by atoms with Crippen LogP contribution in [0.15, 0.2) is 72.8 Å². The van der Waals surface area contributed by atoms with E-state index in [2.05, 4.69) is 92.0 Å². The molecular formula is C31H39N. The maximum atomic E-state index is 3.65. The molecule has 0 atom stereocenters. The average molecular weight is 426 g/mol. The minimum absolute atomic E-state index is 0.155. The third kappa shape index (κ3) is 4.77. The molecule has 0 saturated heterocycles. The van der Waals surface area contributed by atoms with E-state index >= 15 is 0 Å². The first-order valence-corrected chi connectivity index (χ1v) is 12.8. The summed E-state index contributed by atoms with van der Waals surface area (Å²) in [6.45, 7) is 4.62. The molecule has 0 fully saturated rings. The number of hydrogen-bond acceptors (Lipinski definition) is 1. The minimum atomic E-state index is 0.155. The van der Waals surface area contributed by atoms with Gasteiger partial charge in [0.2, 0.25) is 0 Å². The molecule has 32 heavy (non-hydrogen) atoms. The van der Waals surface area contributed by atoms with Crippen LogP contribution in [0.5, 0.6) is 0 Å². The van der Waals surface area contributed by atoms with Crippen molar-refractivity contribution < 1.29 is 0 Å². The summed E-state index contributed by atoms with van der Waals surface area (Å²) in [4.78, 5) is 0. The number of anilines is 2. The lowest BCUT2D eigenvalue weighted by Crippen LogP contribution is -2.25. The number of hydrogen-bond donors (Lipinski definition) is 1. The molecule has 0 radical (unpaired) electrons. The van der Waals surface area contributed by atoms with Crippen LogP contribution in [-0.4, -0.2) is 0 Å². The van der Waals surface area contributed by atoms with Crippen molar-refractivity contribution in [2.24, 2.45) is 0 Å². The Hall–Kier alpha value is -2.54. The summed E-state index contributed by atoms with van der Waals surface area (Å²) in [5, 5.41) is 3.65. The van der Waals surface area contributed by atoms with Crippen LogP contribution >= 0.6 is 0 Å². The highest BCUT2D eigenvalue weighted by molar-refractivity contribution is 5.83. The lowest BCUT2D eigenvalue weighted by molar-refractivity contribution is 0.401. The summed E-state index contributed by atoms with van der Waals surface area (Å²) in [6.07, 6.45) is 13.1. The van der Waals surface area contributed by atoms with Gasteiger partial charge in [-0.05, 0) is 59.4 Å². The molecule has 0 heterocycles. The second-order valence-corrected chi connectivity index (χ2v) is 9.50. The molecule has 0 spiro atoms. The Morgan fingerprint density at radius 1 is 0.562 bits per heavy atom. The van der Waals surface area contributed by atoms with Crippen molar-refractivity contribution in [3.8, 4) is 11.1 Å². The summed E-state index contributed by atoms with van der Waals surface area (Å²) < 4.78 is 0. The number of rotatable bonds is 12. The van der Waals surface area contributed by atoms with Crippen LogP contribution in [0.25, 0.3) is 11.1 Å². The molecule has 0 aromatic heterocycles. The molecule has 3 aromatic carbocycles. The lowest BCUT2D eigenvalue weighted by atomic mass is 9.70. The SMILES string of the molecule is CCCCCCC1(CCCCCC)c2ccccc2-c2ccc(Nc3ccccc3)cc21. The van der Waals surface area contributed by atoms with Crippen LogP contribution in [0.1, 0.15) is 89.2 Å². The molecule has 0 bridgehead atoms. The van der Waals surface area contributed by atoms with E-state index in [1.54, 1.807) is 11.1 Å². The molecule has 1 nitrogen and oxygen atoms in total. The molecule has 0 amide bonds. The highest BCUT2D eigenvalue weighted by Gasteiger charge is 2.42. The molecule has 1 aliphatic rings. The van der Waals surface area contributed by atoms with Crippen LogP contribution in [0.4, 0.5) is 11.4 Å². The summed E-state index contributed by atoms with van der Waals surface area (Å²) in [6, 6.07) is 26.8. The van der Waals surface area contributed by atoms with Gasteiger partial charge in [0.15, 0.2) is 0 Å². The zero-order valence-electron chi connectivity index (χ0n) is 20.0. The van der Waals surface area contributed by atoms with E-state index in [0.717, 1.165) is 5.69 Å². The third-order valence-corrected chi connectivity index (χ3v) is 7.24. The van der Waals surface area contributed by atoms with Crippen molar-refractivity contribution in [1.29, 1.82) is 0 Å². The fourth-order valence-electron chi connectivity index (χ4n) is 5.59. The Morgan fingerprint density at radius 3 is 1.88 bits per heavy atom. The number of benzene rings is 3. The molecule has 1 N–H and O–H groups in total. The van der Waals surface area contributed by atoms with Gasteiger partial charge < -0.3 is 5.32 Å². The van der Waals surface area contributed by atoms with Gasteiger partial charge in [-0.25, -0.2) is 0 Å². The highest BCUT2D eigenvalue weighted by atomic mass is 14.9. The predicted octanol–water partition coefficient (Wildman–Crippen LogP) is 9.64. The van der Waals surface area contributed by atoms with Crippen molar-refractivity contribution in [1.82, 2.24) is 0 Å². The standard InChI is InChI=1S/C31H39N/c1-3-5-7-14-22-31(23-15-8-6-4-2)29-19-13-12-18-27(29)28-21-20-26(24-30(28)31)32-25-16-10-9-11-17-25/h9-13,16-21,24,32H,3-8,14-15,22-23H2,1-2H3. The number of nitrogens with one attached hydrogen (secondary N) is 1. The molecular weight excluding hydrogens is 386 g/mol. The predicted molar refractivity (Wildman–Crippen MR) is 140 cm³/mol. The zero-order chi connectivity index (χ0) is 22.2. The van der Waals surface area contributed by atoms with Crippen LogP contribution in [0.2, 0.25) is 0 Å². The molecule has 4 rings (SSSR count).